The number of hydrogen-bond donors (Lipinski definition) is 1. The van der Waals surface area contributed by atoms with E-state index in [2.05, 4.69) is 32.3 Å². The molecule has 8 heavy (non-hydrogen) atoms. The van der Waals surface area contributed by atoms with Crippen molar-refractivity contribution in [3.8, 4) is 0 Å². The number of nitrogens with one attached hydrogen (secondary N) is 1. The Bertz CT molecular complexity index is 115. The Morgan fingerprint density at radius 2 is 2.62 bits per heavy atom. The van der Waals surface area contributed by atoms with Crippen LogP contribution in [0.2, 0.25) is 0 Å². The molecule has 0 bridgehead atoms. The zero-order valence-electron chi connectivity index (χ0n) is 3.89. The van der Waals surface area contributed by atoms with Gasteiger partial charge in [-0.15, -0.1) is 0 Å². The van der Waals surface area contributed by atoms with E-state index in [4.69, 9.17) is 0 Å². The van der Waals surface area contributed by atoms with Crippen molar-refractivity contribution in [3.05, 3.63) is 17.2 Å². The van der Waals surface area contributed by atoms with Crippen LogP contribution in [0.25, 0.3) is 0 Å². The van der Waals surface area contributed by atoms with E-state index in [1.54, 1.807) is 0 Å². The van der Waals surface area contributed by atoms with Gasteiger partial charge in [0.05, 0.1) is 4.43 Å². The van der Waals surface area contributed by atoms with Gasteiger partial charge in [-0.25, -0.2) is 0 Å². The molecule has 0 aromatic heterocycles. The molecule has 0 aliphatic carbocycles. The van der Waals surface area contributed by atoms with Gasteiger partial charge in [0.15, 0.2) is 0 Å². The Hall–Kier alpha value is -0.0100. The van der Waals surface area contributed by atoms with Crippen LogP contribution in [0.3, 0.4) is 0 Å². The minimum atomic E-state index is -0.628. The van der Waals surface area contributed by atoms with Gasteiger partial charge in [-0.1, -0.05) is 22.6 Å². The highest BCUT2D eigenvalue weighted by atomic mass is 127. The summed E-state index contributed by atoms with van der Waals surface area (Å²) in [4.78, 5) is 8.83. The molecule has 0 amide bonds. The monoisotopic (exact) mass is 229 g/mol. The van der Waals surface area contributed by atoms with Gasteiger partial charge in [0, 0.05) is 5.39 Å². The van der Waals surface area contributed by atoms with Crippen LogP contribution >= 0.6 is 22.6 Å². The van der Waals surface area contributed by atoms with Crippen LogP contribution in [-0.4, -0.2) is 4.43 Å². The summed E-state index contributed by atoms with van der Waals surface area (Å²) in [6, 6.07) is 0. The first-order valence-corrected chi connectivity index (χ1v) is 3.49. The lowest BCUT2D eigenvalue weighted by molar-refractivity contribution is -1.18. The largest absolute Gasteiger partial charge is 0.547 e. The average Bonchev–Trinajstić information content (AvgIpc) is 2.14. The van der Waals surface area contributed by atoms with Crippen LogP contribution in [0.5, 0.6) is 0 Å². The van der Waals surface area contributed by atoms with E-state index in [0.29, 0.717) is 10.2 Å². The van der Waals surface area contributed by atoms with Crippen LogP contribution in [0.4, 0.5) is 0 Å². The molecular weight excluding hydrogens is 225 g/mol. The molecule has 0 fully saturated rings. The lowest BCUT2D eigenvalue weighted by Gasteiger charge is -2.07. The van der Waals surface area contributed by atoms with E-state index >= 15 is 0 Å². The van der Waals surface area contributed by atoms with Gasteiger partial charge in [-0.3, -0.25) is 9.68 Å². The summed E-state index contributed by atoms with van der Waals surface area (Å²) >= 11 is 2.07. The molecule has 0 saturated carbocycles. The number of allylic oxidation sites excluding steroid dienone is 1. The normalized spacial score (nSPS) is 26.2. The van der Waals surface area contributed by atoms with Crippen molar-refractivity contribution < 1.29 is 15.1 Å². The van der Waals surface area contributed by atoms with Gasteiger partial charge < -0.3 is 5.21 Å². The fourth-order valence-corrected chi connectivity index (χ4v) is 0.663. The molecule has 0 saturated heterocycles. The highest BCUT2D eigenvalue weighted by molar-refractivity contribution is 14.1. The van der Waals surface area contributed by atoms with Crippen LogP contribution < -0.4 is 5.39 Å². The molecule has 5 heteroatoms. The average molecular weight is 229 g/mol. The quantitative estimate of drug-likeness (QED) is 0.375. The Labute approximate surface area is 59.7 Å². The Morgan fingerprint density at radius 1 is 1.88 bits per heavy atom. The Balaban J connectivity index is 2.37. The van der Waals surface area contributed by atoms with E-state index < -0.39 is 5.39 Å². The molecule has 0 aromatic rings. The molecule has 0 aromatic carbocycles. The molecule has 1 aliphatic rings. The number of hydrogen-bond acceptors (Lipinski definition) is 3. The minimum Gasteiger partial charge on any atom is -0.547 e. The van der Waals surface area contributed by atoms with E-state index in [1.807, 2.05) is 0 Å². The maximum absolute atomic E-state index is 10.1. The second kappa shape index (κ2) is 2.51. The molecule has 1 atom stereocenters. The SMILES string of the molecule is [O-][NH+]1OC=C(CI)O1. The lowest BCUT2D eigenvalue weighted by Crippen LogP contribution is -3.02. The van der Waals surface area contributed by atoms with Gasteiger partial charge in [0.1, 0.15) is 0 Å². The van der Waals surface area contributed by atoms with Crippen molar-refractivity contribution in [1.29, 1.82) is 0 Å². The van der Waals surface area contributed by atoms with E-state index in [9.17, 15) is 5.21 Å². The highest BCUT2D eigenvalue weighted by Crippen LogP contribution is 2.01. The summed E-state index contributed by atoms with van der Waals surface area (Å²) in [7, 11) is 0. The third kappa shape index (κ3) is 1.23. The molecule has 4 nitrogen and oxygen atoms in total. The van der Waals surface area contributed by atoms with Crippen LogP contribution in [0, 0.1) is 5.21 Å². The second-order valence-electron chi connectivity index (χ2n) is 1.19. The lowest BCUT2D eigenvalue weighted by atomic mass is 10.7. The molecule has 1 heterocycles. The molecule has 1 rings (SSSR count). The second-order valence-corrected chi connectivity index (χ2v) is 1.95. The predicted molar refractivity (Wildman–Crippen MR) is 33.5 cm³/mol. The predicted octanol–water partition coefficient (Wildman–Crippen LogP) is -0.478. The van der Waals surface area contributed by atoms with E-state index in [-0.39, 0.29) is 0 Å². The fourth-order valence-electron chi connectivity index (χ4n) is 0.328. The number of alkyl halides is 1. The van der Waals surface area contributed by atoms with Crippen molar-refractivity contribution in [1.82, 2.24) is 0 Å². The van der Waals surface area contributed by atoms with Gasteiger partial charge in [-0.05, 0) is 0 Å². The third-order valence-electron chi connectivity index (χ3n) is 0.633. The Morgan fingerprint density at radius 3 is 2.88 bits per heavy atom. The maximum Gasteiger partial charge on any atom is 0.224 e. The fraction of sp³-hybridized carbons (Fsp3) is 0.333. The summed E-state index contributed by atoms with van der Waals surface area (Å²) in [5.41, 5.74) is 0. The summed E-state index contributed by atoms with van der Waals surface area (Å²) in [5.74, 6) is 0.579. The maximum atomic E-state index is 10.1. The smallest absolute Gasteiger partial charge is 0.224 e. The number of halogens is 1. The topological polar surface area (TPSA) is 46.0 Å². The summed E-state index contributed by atoms with van der Waals surface area (Å²) in [5, 5.41) is 9.48. The van der Waals surface area contributed by atoms with Crippen molar-refractivity contribution in [3.63, 3.8) is 0 Å². The molecular formula is C3H4INO3. The molecule has 0 spiro atoms. The van der Waals surface area contributed by atoms with Gasteiger partial charge in [0.2, 0.25) is 12.0 Å². The Kier molecular flexibility index (Phi) is 1.92. The minimum absolute atomic E-state index is 0.579. The number of quaternary nitrogens is 1. The molecule has 1 unspecified atom stereocenters. The number of rotatable bonds is 1. The van der Waals surface area contributed by atoms with E-state index in [1.165, 1.54) is 6.26 Å². The first-order chi connectivity index (χ1) is 3.83. The van der Waals surface area contributed by atoms with Crippen molar-refractivity contribution in [2.45, 2.75) is 0 Å². The molecule has 1 aliphatic heterocycles. The summed E-state index contributed by atoms with van der Waals surface area (Å²) in [6.07, 6.45) is 1.31. The zero-order chi connectivity index (χ0) is 5.98. The summed E-state index contributed by atoms with van der Waals surface area (Å²) in [6.45, 7) is 0. The molecule has 1 N–H and O–H groups in total. The van der Waals surface area contributed by atoms with Crippen molar-refractivity contribution in [2.24, 2.45) is 0 Å². The van der Waals surface area contributed by atoms with Gasteiger partial charge in [-0.2, -0.15) is 0 Å². The standard InChI is InChI=1S/C3H4INO3/c4-1-3-2-7-5(6)8-3/h2,5H,1H2. The van der Waals surface area contributed by atoms with Gasteiger partial charge >= 0.3 is 0 Å². The van der Waals surface area contributed by atoms with Crippen molar-refractivity contribution >= 4 is 22.6 Å². The highest BCUT2D eigenvalue weighted by Gasteiger charge is 2.11. The third-order valence-corrected chi connectivity index (χ3v) is 1.38. The van der Waals surface area contributed by atoms with Gasteiger partial charge in [0.25, 0.3) is 0 Å². The van der Waals surface area contributed by atoms with Crippen LogP contribution in [0.15, 0.2) is 12.0 Å². The van der Waals surface area contributed by atoms with E-state index in [0.717, 1.165) is 0 Å². The molecule has 0 radical (unpaired) electrons. The first-order valence-electron chi connectivity index (χ1n) is 1.96. The van der Waals surface area contributed by atoms with Crippen LogP contribution in [-0.2, 0) is 9.68 Å². The first kappa shape index (κ1) is 6.12. The van der Waals surface area contributed by atoms with Crippen LogP contribution in [0.1, 0.15) is 0 Å². The van der Waals surface area contributed by atoms with Crippen molar-refractivity contribution in [2.75, 3.05) is 4.43 Å². The molecule has 46 valence electrons. The zero-order valence-corrected chi connectivity index (χ0v) is 6.04. The summed E-state index contributed by atoms with van der Waals surface area (Å²) < 4.78 is 0.670.